The van der Waals surface area contributed by atoms with Crippen molar-refractivity contribution in [2.75, 3.05) is 24.5 Å². The van der Waals surface area contributed by atoms with E-state index in [1.54, 1.807) is 12.3 Å². The molecule has 0 radical (unpaired) electrons. The van der Waals surface area contributed by atoms with Crippen molar-refractivity contribution in [3.05, 3.63) is 18.0 Å². The van der Waals surface area contributed by atoms with Crippen LogP contribution in [0.1, 0.15) is 50.0 Å². The van der Waals surface area contributed by atoms with Gasteiger partial charge in [-0.3, -0.25) is 4.79 Å². The summed E-state index contributed by atoms with van der Waals surface area (Å²) >= 11 is 0. The highest BCUT2D eigenvalue weighted by Crippen LogP contribution is 2.19. The lowest BCUT2D eigenvalue weighted by Crippen LogP contribution is -2.34. The van der Waals surface area contributed by atoms with E-state index in [4.69, 9.17) is 0 Å². The Labute approximate surface area is 120 Å². The molecule has 1 N–H and O–H groups in total. The molecule has 20 heavy (non-hydrogen) atoms. The van der Waals surface area contributed by atoms with Crippen LogP contribution in [-0.2, 0) is 0 Å². The Morgan fingerprint density at radius 2 is 2.20 bits per heavy atom. The molecule has 1 fully saturated rings. The van der Waals surface area contributed by atoms with Gasteiger partial charge in [-0.25, -0.2) is 9.97 Å². The van der Waals surface area contributed by atoms with Crippen molar-refractivity contribution in [2.45, 2.75) is 39.5 Å². The van der Waals surface area contributed by atoms with Gasteiger partial charge < -0.3 is 10.2 Å². The molecule has 0 saturated carbocycles. The number of carbonyl (C=O) groups excluding carboxylic acids is 1. The molecule has 2 heterocycles. The number of unbranched alkanes of at least 4 members (excludes halogenated alkanes) is 1. The Kier molecular flexibility index (Phi) is 5.32. The van der Waals surface area contributed by atoms with Gasteiger partial charge in [0.15, 0.2) is 0 Å². The second kappa shape index (κ2) is 7.22. The normalized spacial score (nSPS) is 16.2. The highest BCUT2D eigenvalue weighted by molar-refractivity contribution is 5.92. The third-order valence-electron chi connectivity index (χ3n) is 3.76. The number of nitrogens with zero attached hydrogens (tertiary/aromatic N) is 3. The van der Waals surface area contributed by atoms with Gasteiger partial charge in [0, 0.05) is 25.8 Å². The topological polar surface area (TPSA) is 58.1 Å². The summed E-state index contributed by atoms with van der Waals surface area (Å²) in [4.78, 5) is 22.9. The lowest BCUT2D eigenvalue weighted by molar-refractivity contribution is 0.0948. The van der Waals surface area contributed by atoms with Crippen LogP contribution in [0.4, 0.5) is 5.95 Å². The van der Waals surface area contributed by atoms with Crippen LogP contribution >= 0.6 is 0 Å². The fourth-order valence-electron chi connectivity index (χ4n) is 2.31. The highest BCUT2D eigenvalue weighted by atomic mass is 16.1. The van der Waals surface area contributed by atoms with Crippen LogP contribution in [0.25, 0.3) is 0 Å². The predicted octanol–water partition coefficient (Wildman–Crippen LogP) is 2.24. The number of nitrogens with one attached hydrogen (secondary N) is 1. The van der Waals surface area contributed by atoms with Gasteiger partial charge in [-0.15, -0.1) is 0 Å². The molecular formula is C15H24N4O. The Hall–Kier alpha value is -1.65. The molecule has 0 atom stereocenters. The summed E-state index contributed by atoms with van der Waals surface area (Å²) in [6.07, 6.45) is 6.07. The third-order valence-corrected chi connectivity index (χ3v) is 3.76. The van der Waals surface area contributed by atoms with Gasteiger partial charge in [0.2, 0.25) is 5.95 Å². The monoisotopic (exact) mass is 276 g/mol. The van der Waals surface area contributed by atoms with Crippen molar-refractivity contribution in [1.82, 2.24) is 15.3 Å². The van der Waals surface area contributed by atoms with E-state index in [0.717, 1.165) is 44.7 Å². The molecule has 5 heteroatoms. The summed E-state index contributed by atoms with van der Waals surface area (Å²) in [5.74, 6) is 1.35. The maximum Gasteiger partial charge on any atom is 0.270 e. The van der Waals surface area contributed by atoms with Gasteiger partial charge in [-0.05, 0) is 31.2 Å². The Morgan fingerprint density at radius 3 is 2.90 bits per heavy atom. The van der Waals surface area contributed by atoms with Gasteiger partial charge in [0.05, 0.1) is 0 Å². The summed E-state index contributed by atoms with van der Waals surface area (Å²) in [5, 5.41) is 2.89. The lowest BCUT2D eigenvalue weighted by Gasteiger charge is -2.30. The molecule has 5 nitrogen and oxygen atoms in total. The number of aromatic nitrogens is 2. The van der Waals surface area contributed by atoms with Crippen LogP contribution in [0.3, 0.4) is 0 Å². The van der Waals surface area contributed by atoms with E-state index in [1.807, 2.05) is 0 Å². The van der Waals surface area contributed by atoms with Crippen LogP contribution in [0.15, 0.2) is 12.3 Å². The van der Waals surface area contributed by atoms with Crippen molar-refractivity contribution in [3.8, 4) is 0 Å². The quantitative estimate of drug-likeness (QED) is 0.838. The molecule has 1 aliphatic rings. The number of piperidine rings is 1. The fraction of sp³-hybridized carbons (Fsp3) is 0.667. The zero-order valence-electron chi connectivity index (χ0n) is 12.4. The average Bonchev–Trinajstić information content (AvgIpc) is 2.48. The van der Waals surface area contributed by atoms with Crippen LogP contribution in [0, 0.1) is 5.92 Å². The minimum absolute atomic E-state index is 0.104. The van der Waals surface area contributed by atoms with Crippen LogP contribution in [0.2, 0.25) is 0 Å². The predicted molar refractivity (Wildman–Crippen MR) is 79.9 cm³/mol. The molecule has 0 unspecified atom stereocenters. The molecule has 1 aromatic rings. The zero-order chi connectivity index (χ0) is 14.4. The SMILES string of the molecule is CCCCNC(=O)c1ccnc(N2CCC(C)CC2)n1. The second-order valence-electron chi connectivity index (χ2n) is 5.52. The molecule has 110 valence electrons. The second-order valence-corrected chi connectivity index (χ2v) is 5.52. The molecule has 0 spiro atoms. The van der Waals surface area contributed by atoms with Gasteiger partial charge in [-0.1, -0.05) is 20.3 Å². The fourth-order valence-corrected chi connectivity index (χ4v) is 2.31. The summed E-state index contributed by atoms with van der Waals surface area (Å²) < 4.78 is 0. The maximum absolute atomic E-state index is 12.0. The van der Waals surface area contributed by atoms with Gasteiger partial charge in [0.1, 0.15) is 5.69 Å². The number of hydrogen-bond donors (Lipinski definition) is 1. The summed E-state index contributed by atoms with van der Waals surface area (Å²) in [6.45, 7) is 7.03. The molecule has 1 amide bonds. The number of hydrogen-bond acceptors (Lipinski definition) is 4. The molecule has 1 aliphatic heterocycles. The van der Waals surface area contributed by atoms with Crippen molar-refractivity contribution < 1.29 is 4.79 Å². The van der Waals surface area contributed by atoms with Gasteiger partial charge >= 0.3 is 0 Å². The molecule has 0 bridgehead atoms. The number of rotatable bonds is 5. The number of anilines is 1. The first-order valence-corrected chi connectivity index (χ1v) is 7.57. The van der Waals surface area contributed by atoms with E-state index >= 15 is 0 Å². The summed E-state index contributed by atoms with van der Waals surface area (Å²) in [6, 6.07) is 1.68. The number of amides is 1. The van der Waals surface area contributed by atoms with Crippen molar-refractivity contribution in [1.29, 1.82) is 0 Å². The van der Waals surface area contributed by atoms with Gasteiger partial charge in [-0.2, -0.15) is 0 Å². The Balaban J connectivity index is 1.98. The third kappa shape index (κ3) is 3.92. The molecule has 1 saturated heterocycles. The van der Waals surface area contributed by atoms with E-state index in [-0.39, 0.29) is 5.91 Å². The van der Waals surface area contributed by atoms with E-state index in [0.29, 0.717) is 18.2 Å². The van der Waals surface area contributed by atoms with E-state index in [1.165, 1.54) is 0 Å². The summed E-state index contributed by atoms with van der Waals surface area (Å²) in [5.41, 5.74) is 0.463. The van der Waals surface area contributed by atoms with Crippen molar-refractivity contribution in [2.24, 2.45) is 5.92 Å². The van der Waals surface area contributed by atoms with E-state index < -0.39 is 0 Å². The maximum atomic E-state index is 12.0. The van der Waals surface area contributed by atoms with Crippen LogP contribution in [0.5, 0.6) is 0 Å². The molecule has 1 aromatic heterocycles. The van der Waals surface area contributed by atoms with Crippen molar-refractivity contribution in [3.63, 3.8) is 0 Å². The molecule has 2 rings (SSSR count). The number of carbonyl (C=O) groups is 1. The molecular weight excluding hydrogens is 252 g/mol. The first kappa shape index (κ1) is 14.8. The summed E-state index contributed by atoms with van der Waals surface area (Å²) in [7, 11) is 0. The first-order chi connectivity index (χ1) is 9.70. The first-order valence-electron chi connectivity index (χ1n) is 7.57. The minimum Gasteiger partial charge on any atom is -0.351 e. The molecule has 0 aromatic carbocycles. The Morgan fingerprint density at radius 1 is 1.45 bits per heavy atom. The van der Waals surface area contributed by atoms with E-state index in [2.05, 4.69) is 34.0 Å². The van der Waals surface area contributed by atoms with Crippen molar-refractivity contribution >= 4 is 11.9 Å². The molecule has 0 aliphatic carbocycles. The highest BCUT2D eigenvalue weighted by Gasteiger charge is 2.19. The van der Waals surface area contributed by atoms with E-state index in [9.17, 15) is 4.79 Å². The van der Waals surface area contributed by atoms with Gasteiger partial charge in [0.25, 0.3) is 5.91 Å². The standard InChI is InChI=1S/C15H24N4O/c1-3-4-8-16-14(20)13-5-9-17-15(18-13)19-10-6-12(2)7-11-19/h5,9,12H,3-4,6-8,10-11H2,1-2H3,(H,16,20). The van der Waals surface area contributed by atoms with Crippen LogP contribution in [-0.4, -0.2) is 35.5 Å². The largest absolute Gasteiger partial charge is 0.351 e. The lowest BCUT2D eigenvalue weighted by atomic mass is 10.00. The average molecular weight is 276 g/mol. The van der Waals surface area contributed by atoms with Crippen LogP contribution < -0.4 is 10.2 Å². The zero-order valence-corrected chi connectivity index (χ0v) is 12.4. The Bertz CT molecular complexity index is 441. The smallest absolute Gasteiger partial charge is 0.270 e. The minimum atomic E-state index is -0.104.